The molecule has 0 bridgehead atoms. The van der Waals surface area contributed by atoms with E-state index in [1.165, 1.54) is 0 Å². The molecule has 0 aliphatic rings. The van der Waals surface area contributed by atoms with Gasteiger partial charge in [0.15, 0.2) is 5.78 Å². The number of rotatable bonds is 12. The molecule has 0 amide bonds. The molecule has 0 spiro atoms. The number of benzene rings is 4. The highest BCUT2D eigenvalue weighted by Crippen LogP contribution is 2.22. The van der Waals surface area contributed by atoms with E-state index in [2.05, 4.69) is 11.4 Å². The van der Waals surface area contributed by atoms with Gasteiger partial charge in [0, 0.05) is 34.5 Å². The maximum Gasteiger partial charge on any atom is 0.326 e. The Morgan fingerprint density at radius 1 is 0.878 bits per heavy atom. The average Bonchev–Trinajstić information content (AvgIpc) is 3.38. The summed E-state index contributed by atoms with van der Waals surface area (Å²) in [4.78, 5) is 25.2. The lowest BCUT2D eigenvalue weighted by Gasteiger charge is -2.18. The molecule has 206 valence electrons. The van der Waals surface area contributed by atoms with Crippen LogP contribution in [0.5, 0.6) is 5.75 Å². The van der Waals surface area contributed by atoms with E-state index in [0.717, 1.165) is 22.5 Å². The molecule has 7 heteroatoms. The Labute approximate surface area is 239 Å². The number of para-hydroxylation sites is 1. The smallest absolute Gasteiger partial charge is 0.326 e. The van der Waals surface area contributed by atoms with Gasteiger partial charge in [-0.2, -0.15) is 5.10 Å². The second kappa shape index (κ2) is 12.8. The Balaban J connectivity index is 1.19. The molecule has 1 unspecified atom stereocenters. The molecular formula is C34H31N3O4. The van der Waals surface area contributed by atoms with Crippen LogP contribution in [0.25, 0.3) is 11.3 Å². The fourth-order valence-corrected chi connectivity index (χ4v) is 4.63. The number of carboxylic acid groups (broad SMARTS) is 1. The topological polar surface area (TPSA) is 93.5 Å². The monoisotopic (exact) mass is 545 g/mol. The molecule has 1 atom stereocenters. The first-order chi connectivity index (χ1) is 20.0. The van der Waals surface area contributed by atoms with E-state index in [1.54, 1.807) is 48.5 Å². The van der Waals surface area contributed by atoms with Crippen LogP contribution in [-0.4, -0.2) is 39.3 Å². The lowest BCUT2D eigenvalue weighted by Crippen LogP contribution is -2.32. The Bertz CT molecular complexity index is 1610. The molecule has 41 heavy (non-hydrogen) atoms. The van der Waals surface area contributed by atoms with E-state index >= 15 is 0 Å². The van der Waals surface area contributed by atoms with Crippen molar-refractivity contribution >= 4 is 17.4 Å². The number of ether oxygens (including phenoxy) is 1. The molecular weight excluding hydrogens is 514 g/mol. The van der Waals surface area contributed by atoms with Crippen LogP contribution >= 0.6 is 0 Å². The number of carbonyl (C=O) groups is 2. The quantitative estimate of drug-likeness (QED) is 0.179. The number of nitrogens with zero attached hydrogens (tertiary/aromatic N) is 2. The van der Waals surface area contributed by atoms with Gasteiger partial charge in [0.25, 0.3) is 0 Å². The molecule has 1 aromatic heterocycles. The first-order valence-electron chi connectivity index (χ1n) is 13.5. The molecule has 0 aliphatic carbocycles. The van der Waals surface area contributed by atoms with Crippen LogP contribution in [0.15, 0.2) is 115 Å². The van der Waals surface area contributed by atoms with Crippen molar-refractivity contribution in [1.82, 2.24) is 9.78 Å². The third-order valence-corrected chi connectivity index (χ3v) is 6.82. The molecule has 7 nitrogen and oxygen atoms in total. The summed E-state index contributed by atoms with van der Waals surface area (Å²) in [5.41, 5.74) is 5.35. The number of hydrogen-bond acceptors (Lipinski definition) is 5. The van der Waals surface area contributed by atoms with Crippen LogP contribution in [0.2, 0.25) is 0 Å². The molecule has 2 N–H and O–H groups in total. The van der Waals surface area contributed by atoms with Gasteiger partial charge in [-0.1, -0.05) is 84.9 Å². The van der Waals surface area contributed by atoms with E-state index in [-0.39, 0.29) is 12.2 Å². The fourth-order valence-electron chi connectivity index (χ4n) is 4.63. The van der Waals surface area contributed by atoms with Crippen molar-refractivity contribution in [2.45, 2.75) is 25.9 Å². The molecule has 5 aromatic rings. The zero-order valence-electron chi connectivity index (χ0n) is 22.7. The van der Waals surface area contributed by atoms with E-state index in [0.29, 0.717) is 35.7 Å². The minimum atomic E-state index is -1.00. The van der Waals surface area contributed by atoms with Crippen molar-refractivity contribution in [1.29, 1.82) is 0 Å². The lowest BCUT2D eigenvalue weighted by atomic mass is 10.00. The van der Waals surface area contributed by atoms with Crippen molar-refractivity contribution in [3.63, 3.8) is 0 Å². The number of anilines is 1. The Morgan fingerprint density at radius 2 is 1.54 bits per heavy atom. The molecule has 4 aromatic carbocycles. The van der Waals surface area contributed by atoms with Crippen LogP contribution in [0.3, 0.4) is 0 Å². The summed E-state index contributed by atoms with van der Waals surface area (Å²) in [7, 11) is 0. The number of nitrogens with one attached hydrogen (secondary N) is 1. The molecule has 0 aliphatic heterocycles. The van der Waals surface area contributed by atoms with Crippen molar-refractivity contribution in [3.8, 4) is 17.0 Å². The maximum atomic E-state index is 13.1. The van der Waals surface area contributed by atoms with E-state index < -0.39 is 12.0 Å². The second-order valence-electron chi connectivity index (χ2n) is 9.73. The fraction of sp³-hybridized carbons (Fsp3) is 0.147. The summed E-state index contributed by atoms with van der Waals surface area (Å²) in [5.74, 6) is -0.474. The summed E-state index contributed by atoms with van der Waals surface area (Å²) in [6.45, 7) is 3.07. The van der Waals surface area contributed by atoms with E-state index in [4.69, 9.17) is 9.84 Å². The normalized spacial score (nSPS) is 11.5. The Hall–Kier alpha value is -5.17. The number of aromatic nitrogens is 2. The van der Waals surface area contributed by atoms with Crippen LogP contribution in [0, 0.1) is 6.92 Å². The first kappa shape index (κ1) is 27.4. The summed E-state index contributed by atoms with van der Waals surface area (Å²) >= 11 is 0. The van der Waals surface area contributed by atoms with Crippen molar-refractivity contribution in [2.75, 3.05) is 11.9 Å². The Morgan fingerprint density at radius 3 is 2.24 bits per heavy atom. The average molecular weight is 546 g/mol. The predicted molar refractivity (Wildman–Crippen MR) is 159 cm³/mol. The lowest BCUT2D eigenvalue weighted by molar-refractivity contribution is -0.137. The number of aliphatic carboxylic acids is 1. The van der Waals surface area contributed by atoms with Gasteiger partial charge >= 0.3 is 5.97 Å². The summed E-state index contributed by atoms with van der Waals surface area (Å²) < 4.78 is 7.87. The molecule has 0 saturated heterocycles. The minimum absolute atomic E-state index is 0.166. The summed E-state index contributed by atoms with van der Waals surface area (Å²) in [5, 5.41) is 17.7. The highest BCUT2D eigenvalue weighted by atomic mass is 16.5. The van der Waals surface area contributed by atoms with Gasteiger partial charge < -0.3 is 15.2 Å². The third kappa shape index (κ3) is 6.89. The number of hydrogen-bond donors (Lipinski definition) is 2. The van der Waals surface area contributed by atoms with Crippen LogP contribution in [0.4, 0.5) is 5.69 Å². The zero-order valence-corrected chi connectivity index (χ0v) is 22.7. The second-order valence-corrected chi connectivity index (χ2v) is 9.73. The standard InChI is InChI=1S/C34H31N3O4/c1-24-22-31(26-10-4-2-5-11-26)36-37(24)20-21-41-28-18-16-25(17-19-28)23-32(34(39)40)35-30-15-9-8-14-29(30)33(38)27-12-6-3-7-13-27/h2-19,22,32,35H,20-21,23H2,1H3,(H,39,40). The first-order valence-corrected chi connectivity index (χ1v) is 13.5. The maximum absolute atomic E-state index is 13.1. The highest BCUT2D eigenvalue weighted by Gasteiger charge is 2.21. The van der Waals surface area contributed by atoms with Gasteiger partial charge in [-0.05, 0) is 42.8 Å². The van der Waals surface area contributed by atoms with Crippen LogP contribution in [0.1, 0.15) is 27.2 Å². The summed E-state index contributed by atoms with van der Waals surface area (Å²) in [6.07, 6.45) is 0.234. The van der Waals surface area contributed by atoms with Crippen LogP contribution in [-0.2, 0) is 17.8 Å². The Kier molecular flexibility index (Phi) is 8.55. The van der Waals surface area contributed by atoms with E-state index in [1.807, 2.05) is 72.3 Å². The zero-order chi connectivity index (χ0) is 28.6. The molecule has 5 rings (SSSR count). The number of carbonyl (C=O) groups excluding carboxylic acids is 1. The van der Waals surface area contributed by atoms with Gasteiger partial charge in [-0.15, -0.1) is 0 Å². The molecule has 0 saturated carbocycles. The van der Waals surface area contributed by atoms with Gasteiger partial charge in [0.1, 0.15) is 18.4 Å². The van der Waals surface area contributed by atoms with Crippen molar-refractivity contribution in [3.05, 3.63) is 138 Å². The molecule has 0 radical (unpaired) electrons. The largest absolute Gasteiger partial charge is 0.492 e. The van der Waals surface area contributed by atoms with Gasteiger partial charge in [-0.25, -0.2) is 4.79 Å². The summed E-state index contributed by atoms with van der Waals surface area (Å²) in [6, 6.07) is 34.5. The number of ketones is 1. The third-order valence-electron chi connectivity index (χ3n) is 6.82. The van der Waals surface area contributed by atoms with Crippen molar-refractivity contribution in [2.24, 2.45) is 0 Å². The van der Waals surface area contributed by atoms with Gasteiger partial charge in [0.05, 0.1) is 12.2 Å². The SMILES string of the molecule is Cc1cc(-c2ccccc2)nn1CCOc1ccc(CC(Nc2ccccc2C(=O)c2ccccc2)C(=O)O)cc1. The highest BCUT2D eigenvalue weighted by molar-refractivity contribution is 6.12. The molecule has 0 fully saturated rings. The molecule has 1 heterocycles. The van der Waals surface area contributed by atoms with Crippen LogP contribution < -0.4 is 10.1 Å². The predicted octanol–water partition coefficient (Wildman–Crippen LogP) is 6.28. The van der Waals surface area contributed by atoms with Gasteiger partial charge in [0.2, 0.25) is 0 Å². The van der Waals surface area contributed by atoms with E-state index in [9.17, 15) is 14.7 Å². The van der Waals surface area contributed by atoms with Crippen molar-refractivity contribution < 1.29 is 19.4 Å². The number of carboxylic acids is 1. The minimum Gasteiger partial charge on any atom is -0.492 e. The van der Waals surface area contributed by atoms with Gasteiger partial charge in [-0.3, -0.25) is 9.48 Å². The number of aryl methyl sites for hydroxylation is 1.